The number of hydrogen-bond donors (Lipinski definition) is 1. The molecule has 100 valence electrons. The van der Waals surface area contributed by atoms with E-state index in [4.69, 9.17) is 9.88 Å². The van der Waals surface area contributed by atoms with Gasteiger partial charge in [0, 0.05) is 12.1 Å². The zero-order valence-electron chi connectivity index (χ0n) is 9.61. The van der Waals surface area contributed by atoms with E-state index in [1.54, 1.807) is 0 Å². The van der Waals surface area contributed by atoms with Gasteiger partial charge in [-0.2, -0.15) is 0 Å². The van der Waals surface area contributed by atoms with Gasteiger partial charge in [-0.25, -0.2) is 13.6 Å². The Bertz CT molecular complexity index is 498. The summed E-state index contributed by atoms with van der Waals surface area (Å²) in [5.41, 5.74) is -0.00317. The van der Waals surface area contributed by atoms with Crippen molar-refractivity contribution < 1.29 is 18.1 Å². The van der Waals surface area contributed by atoms with E-state index in [2.05, 4.69) is 0 Å². The first-order chi connectivity index (χ1) is 8.38. The van der Waals surface area contributed by atoms with E-state index < -0.39 is 14.9 Å². The summed E-state index contributed by atoms with van der Waals surface area (Å²) in [6.07, 6.45) is 0.971. The van der Waals surface area contributed by atoms with Crippen LogP contribution in [0.2, 0.25) is 0 Å². The van der Waals surface area contributed by atoms with Crippen molar-refractivity contribution in [2.24, 2.45) is 5.14 Å². The lowest BCUT2D eigenvalue weighted by molar-refractivity contribution is -0.384. The van der Waals surface area contributed by atoms with Crippen LogP contribution in [0.4, 0.5) is 5.69 Å². The normalized spacial score (nSPS) is 11.2. The fourth-order valence-electron chi connectivity index (χ4n) is 1.26. The topological polar surface area (TPSA) is 113 Å². The highest BCUT2D eigenvalue weighted by Gasteiger charge is 2.05. The van der Waals surface area contributed by atoms with Crippen molar-refractivity contribution in [2.75, 3.05) is 12.4 Å². The highest BCUT2D eigenvalue weighted by atomic mass is 32.2. The molecule has 18 heavy (non-hydrogen) atoms. The second kappa shape index (κ2) is 6.31. The lowest BCUT2D eigenvalue weighted by Crippen LogP contribution is -2.16. The minimum atomic E-state index is -3.41. The average molecular weight is 274 g/mol. The SMILES string of the molecule is NS(=O)(=O)CCCCOc1ccc([N+](=O)[O-])cc1. The molecule has 1 aromatic carbocycles. The van der Waals surface area contributed by atoms with Crippen LogP contribution in [-0.2, 0) is 10.0 Å². The molecule has 0 fully saturated rings. The highest BCUT2D eigenvalue weighted by molar-refractivity contribution is 7.89. The molecule has 8 heteroatoms. The number of nitro groups is 1. The summed E-state index contributed by atoms with van der Waals surface area (Å²) in [5.74, 6) is 0.438. The summed E-state index contributed by atoms with van der Waals surface area (Å²) in [5, 5.41) is 15.2. The molecule has 0 bridgehead atoms. The Hall–Kier alpha value is -1.67. The molecule has 0 atom stereocenters. The Morgan fingerprint density at radius 1 is 1.22 bits per heavy atom. The van der Waals surface area contributed by atoms with Crippen LogP contribution in [0.15, 0.2) is 24.3 Å². The van der Waals surface area contributed by atoms with E-state index in [0.29, 0.717) is 25.2 Å². The van der Waals surface area contributed by atoms with Gasteiger partial charge in [0.1, 0.15) is 5.75 Å². The van der Waals surface area contributed by atoms with E-state index in [1.807, 2.05) is 0 Å². The molecule has 0 aromatic heterocycles. The Labute approximate surface area is 105 Å². The Balaban J connectivity index is 2.29. The first-order valence-electron chi connectivity index (χ1n) is 5.26. The molecule has 0 saturated carbocycles. The van der Waals surface area contributed by atoms with Crippen molar-refractivity contribution in [3.8, 4) is 5.75 Å². The zero-order valence-corrected chi connectivity index (χ0v) is 10.4. The van der Waals surface area contributed by atoms with Crippen molar-refractivity contribution in [1.29, 1.82) is 0 Å². The summed E-state index contributed by atoms with van der Waals surface area (Å²) in [4.78, 5) is 9.91. The van der Waals surface area contributed by atoms with Crippen molar-refractivity contribution in [2.45, 2.75) is 12.8 Å². The molecule has 0 amide bonds. The van der Waals surface area contributed by atoms with E-state index in [1.165, 1.54) is 24.3 Å². The maximum atomic E-state index is 10.6. The fraction of sp³-hybridized carbons (Fsp3) is 0.400. The van der Waals surface area contributed by atoms with Crippen LogP contribution >= 0.6 is 0 Å². The summed E-state index contributed by atoms with van der Waals surface area (Å²) in [6.45, 7) is 0.341. The van der Waals surface area contributed by atoms with Gasteiger partial charge in [-0.1, -0.05) is 0 Å². The van der Waals surface area contributed by atoms with Gasteiger partial charge in [0.25, 0.3) is 5.69 Å². The Kier molecular flexibility index (Phi) is 5.05. The van der Waals surface area contributed by atoms with Crippen LogP contribution in [0, 0.1) is 10.1 Å². The number of ether oxygens (including phenoxy) is 1. The number of sulfonamides is 1. The van der Waals surface area contributed by atoms with Gasteiger partial charge in [-0.3, -0.25) is 10.1 Å². The third-order valence-electron chi connectivity index (χ3n) is 2.14. The van der Waals surface area contributed by atoms with Gasteiger partial charge < -0.3 is 4.74 Å². The number of unbranched alkanes of at least 4 members (excludes halogenated alkanes) is 1. The molecular formula is C10H14N2O5S. The number of benzene rings is 1. The molecule has 0 radical (unpaired) electrons. The molecule has 2 N–H and O–H groups in total. The van der Waals surface area contributed by atoms with Crippen molar-refractivity contribution in [1.82, 2.24) is 0 Å². The molecule has 0 saturated heterocycles. The van der Waals surface area contributed by atoms with E-state index in [-0.39, 0.29) is 11.4 Å². The van der Waals surface area contributed by atoms with Crippen LogP contribution < -0.4 is 9.88 Å². The third-order valence-corrected chi connectivity index (χ3v) is 3.00. The van der Waals surface area contributed by atoms with Crippen LogP contribution in [0.1, 0.15) is 12.8 Å². The molecule has 0 heterocycles. The standard InChI is InChI=1S/C10H14N2O5S/c11-18(15,16)8-2-1-7-17-10-5-3-9(4-6-10)12(13)14/h3-6H,1-2,7-8H2,(H2,11,15,16). The monoisotopic (exact) mass is 274 g/mol. The third kappa shape index (κ3) is 5.60. The van der Waals surface area contributed by atoms with Crippen molar-refractivity contribution in [3.05, 3.63) is 34.4 Å². The number of nitrogens with two attached hydrogens (primary N) is 1. The highest BCUT2D eigenvalue weighted by Crippen LogP contribution is 2.17. The number of rotatable bonds is 7. The van der Waals surface area contributed by atoms with Crippen LogP contribution in [0.25, 0.3) is 0 Å². The van der Waals surface area contributed by atoms with E-state index >= 15 is 0 Å². The predicted molar refractivity (Wildman–Crippen MR) is 65.8 cm³/mol. The largest absolute Gasteiger partial charge is 0.494 e. The lowest BCUT2D eigenvalue weighted by atomic mass is 10.3. The molecule has 0 unspecified atom stereocenters. The summed E-state index contributed by atoms with van der Waals surface area (Å²) in [6, 6.07) is 5.69. The van der Waals surface area contributed by atoms with Crippen molar-refractivity contribution in [3.63, 3.8) is 0 Å². The first kappa shape index (κ1) is 14.4. The van der Waals surface area contributed by atoms with Gasteiger partial charge in [0.15, 0.2) is 0 Å². The quantitative estimate of drug-likeness (QED) is 0.453. The molecule has 7 nitrogen and oxygen atoms in total. The van der Waals surface area contributed by atoms with Crippen LogP contribution in [0.3, 0.4) is 0 Å². The van der Waals surface area contributed by atoms with Gasteiger partial charge in [0.05, 0.1) is 17.3 Å². The molecule has 0 spiro atoms. The summed E-state index contributed by atoms with van der Waals surface area (Å²) < 4.78 is 26.6. The number of hydrogen-bond acceptors (Lipinski definition) is 5. The molecule has 1 aromatic rings. The number of nitrogens with zero attached hydrogens (tertiary/aromatic N) is 1. The van der Waals surface area contributed by atoms with Crippen molar-refractivity contribution >= 4 is 15.7 Å². The average Bonchev–Trinajstić information content (AvgIpc) is 2.27. The predicted octanol–water partition coefficient (Wildman–Crippen LogP) is 1.04. The minimum Gasteiger partial charge on any atom is -0.494 e. The molecular weight excluding hydrogens is 260 g/mol. The number of non-ortho nitro benzene ring substituents is 1. The van der Waals surface area contributed by atoms with Crippen LogP contribution in [0.5, 0.6) is 5.75 Å². The zero-order chi connectivity index (χ0) is 13.6. The maximum Gasteiger partial charge on any atom is 0.269 e. The molecule has 0 aliphatic carbocycles. The lowest BCUT2D eigenvalue weighted by Gasteiger charge is -2.05. The van der Waals surface area contributed by atoms with E-state index in [0.717, 1.165) is 0 Å². The second-order valence-electron chi connectivity index (χ2n) is 3.67. The Morgan fingerprint density at radius 3 is 2.33 bits per heavy atom. The van der Waals surface area contributed by atoms with Gasteiger partial charge in [-0.05, 0) is 25.0 Å². The number of primary sulfonamides is 1. The smallest absolute Gasteiger partial charge is 0.269 e. The van der Waals surface area contributed by atoms with Gasteiger partial charge in [-0.15, -0.1) is 0 Å². The van der Waals surface area contributed by atoms with Crippen LogP contribution in [-0.4, -0.2) is 25.7 Å². The summed E-state index contributed by atoms with van der Waals surface area (Å²) in [7, 11) is -3.41. The fourth-order valence-corrected chi connectivity index (χ4v) is 1.87. The maximum absolute atomic E-state index is 10.6. The molecule has 0 aliphatic heterocycles. The second-order valence-corrected chi connectivity index (χ2v) is 5.41. The molecule has 1 rings (SSSR count). The van der Waals surface area contributed by atoms with Gasteiger partial charge >= 0.3 is 0 Å². The van der Waals surface area contributed by atoms with Gasteiger partial charge in [0.2, 0.25) is 10.0 Å². The number of nitro benzene ring substituents is 1. The summed E-state index contributed by atoms with van der Waals surface area (Å²) >= 11 is 0. The first-order valence-corrected chi connectivity index (χ1v) is 6.98. The van der Waals surface area contributed by atoms with E-state index in [9.17, 15) is 18.5 Å². The Morgan fingerprint density at radius 2 is 1.83 bits per heavy atom. The minimum absolute atomic E-state index is 0.00317. The molecule has 0 aliphatic rings.